The van der Waals surface area contributed by atoms with E-state index in [-0.39, 0.29) is 6.10 Å². The van der Waals surface area contributed by atoms with Gasteiger partial charge in [0.2, 0.25) is 0 Å². The first kappa shape index (κ1) is 21.7. The zero-order valence-electron chi connectivity index (χ0n) is 20.0. The number of fused-ring (bicyclic) bond motifs is 5. The van der Waals surface area contributed by atoms with E-state index in [4.69, 9.17) is 0 Å². The highest BCUT2D eigenvalue weighted by molar-refractivity contribution is 5.25. The Morgan fingerprint density at radius 3 is 2.45 bits per heavy atom. The van der Waals surface area contributed by atoms with Gasteiger partial charge in [0.25, 0.3) is 0 Å². The van der Waals surface area contributed by atoms with Crippen LogP contribution in [0.15, 0.2) is 23.8 Å². The van der Waals surface area contributed by atoms with Gasteiger partial charge in [-0.15, -0.1) is 0 Å². The van der Waals surface area contributed by atoms with E-state index in [1.165, 1.54) is 38.5 Å². The average molecular weight is 399 g/mol. The monoisotopic (exact) mass is 398 g/mol. The molecule has 0 amide bonds. The van der Waals surface area contributed by atoms with Crippen molar-refractivity contribution in [3.05, 3.63) is 23.8 Å². The summed E-state index contributed by atoms with van der Waals surface area (Å²) in [5, 5.41) is 10.2. The van der Waals surface area contributed by atoms with Gasteiger partial charge in [0, 0.05) is 0 Å². The first-order valence-electron chi connectivity index (χ1n) is 12.7. The SMILES string of the molecule is CC(C)[C@@H](C)/C=C/[C@@H](C)C1CCC2C3CC=C4CC(O)CC[C@]4(C)C3CC[C@@]21C. The molecule has 29 heavy (non-hydrogen) atoms. The van der Waals surface area contributed by atoms with Crippen molar-refractivity contribution in [1.82, 2.24) is 0 Å². The van der Waals surface area contributed by atoms with E-state index < -0.39 is 0 Å². The van der Waals surface area contributed by atoms with Crippen LogP contribution in [0, 0.1) is 52.3 Å². The van der Waals surface area contributed by atoms with Gasteiger partial charge in [-0.1, -0.05) is 65.3 Å². The van der Waals surface area contributed by atoms with Crippen LogP contribution in [-0.2, 0) is 0 Å². The molecule has 3 saturated carbocycles. The van der Waals surface area contributed by atoms with Crippen molar-refractivity contribution >= 4 is 0 Å². The van der Waals surface area contributed by atoms with Crippen LogP contribution in [0.2, 0.25) is 0 Å². The van der Waals surface area contributed by atoms with E-state index in [0.29, 0.717) is 22.7 Å². The molecule has 0 spiro atoms. The van der Waals surface area contributed by atoms with Gasteiger partial charge in [0.15, 0.2) is 0 Å². The van der Waals surface area contributed by atoms with E-state index in [0.717, 1.165) is 42.4 Å². The van der Waals surface area contributed by atoms with Crippen LogP contribution in [0.1, 0.15) is 92.9 Å². The lowest BCUT2D eigenvalue weighted by Gasteiger charge is -2.58. The van der Waals surface area contributed by atoms with E-state index in [1.807, 2.05) is 0 Å². The molecule has 0 aliphatic heterocycles. The first-order valence-corrected chi connectivity index (χ1v) is 12.7. The van der Waals surface area contributed by atoms with Gasteiger partial charge < -0.3 is 5.11 Å². The lowest BCUT2D eigenvalue weighted by molar-refractivity contribution is -0.0540. The predicted molar refractivity (Wildman–Crippen MR) is 124 cm³/mol. The summed E-state index contributed by atoms with van der Waals surface area (Å²) in [6.45, 7) is 14.7. The molecule has 1 nitrogen and oxygen atoms in total. The minimum absolute atomic E-state index is 0.0866. The summed E-state index contributed by atoms with van der Waals surface area (Å²) in [5.74, 6) is 5.63. The zero-order valence-corrected chi connectivity index (χ0v) is 20.0. The Hall–Kier alpha value is -0.560. The molecular formula is C28H46O. The smallest absolute Gasteiger partial charge is 0.0577 e. The molecule has 4 aliphatic rings. The van der Waals surface area contributed by atoms with Gasteiger partial charge in [-0.25, -0.2) is 0 Å². The Morgan fingerprint density at radius 2 is 1.72 bits per heavy atom. The Balaban J connectivity index is 1.53. The second kappa shape index (κ2) is 7.85. The molecule has 164 valence electrons. The lowest BCUT2D eigenvalue weighted by atomic mass is 9.47. The fraction of sp³-hybridized carbons (Fsp3) is 0.857. The summed E-state index contributed by atoms with van der Waals surface area (Å²) < 4.78 is 0. The second-order valence-electron chi connectivity index (χ2n) is 12.2. The van der Waals surface area contributed by atoms with E-state index in [1.54, 1.807) is 5.57 Å². The molecule has 5 unspecified atom stereocenters. The summed E-state index contributed by atoms with van der Waals surface area (Å²) in [7, 11) is 0. The normalized spacial score (nSPS) is 46.8. The molecule has 0 aromatic heterocycles. The molecule has 0 aromatic carbocycles. The summed E-state index contributed by atoms with van der Waals surface area (Å²) in [6.07, 6.45) is 17.7. The van der Waals surface area contributed by atoms with Crippen molar-refractivity contribution < 1.29 is 5.11 Å². The third-order valence-corrected chi connectivity index (χ3v) is 10.6. The quantitative estimate of drug-likeness (QED) is 0.489. The highest BCUT2D eigenvalue weighted by atomic mass is 16.3. The summed E-state index contributed by atoms with van der Waals surface area (Å²) in [5.41, 5.74) is 2.51. The number of aliphatic hydroxyl groups is 1. The highest BCUT2D eigenvalue weighted by Gasteiger charge is 2.58. The van der Waals surface area contributed by atoms with Crippen molar-refractivity contribution in [2.45, 2.75) is 99.0 Å². The third-order valence-electron chi connectivity index (χ3n) is 10.6. The number of aliphatic hydroxyl groups excluding tert-OH is 1. The largest absolute Gasteiger partial charge is 0.393 e. The maximum Gasteiger partial charge on any atom is 0.0577 e. The summed E-state index contributed by atoms with van der Waals surface area (Å²) in [4.78, 5) is 0. The minimum atomic E-state index is -0.0866. The molecule has 1 N–H and O–H groups in total. The predicted octanol–water partition coefficient (Wildman–Crippen LogP) is 7.41. The Kier molecular flexibility index (Phi) is 5.86. The van der Waals surface area contributed by atoms with E-state index in [9.17, 15) is 5.11 Å². The number of hydrogen-bond acceptors (Lipinski definition) is 1. The van der Waals surface area contributed by atoms with Crippen LogP contribution >= 0.6 is 0 Å². The molecule has 0 heterocycles. The van der Waals surface area contributed by atoms with Gasteiger partial charge in [-0.3, -0.25) is 0 Å². The standard InChI is InChI=1S/C28H46O/c1-18(2)19(3)7-8-20(4)24-11-12-25-23-10-9-21-17-22(29)13-15-27(21,5)26(23)14-16-28(24,25)6/h7-9,18-20,22-26,29H,10-17H2,1-6H3/b8-7+/t19-,20+,22?,23?,24?,25?,26?,27-,28+/m0/s1. The van der Waals surface area contributed by atoms with E-state index in [2.05, 4.69) is 59.8 Å². The second-order valence-corrected chi connectivity index (χ2v) is 12.2. The van der Waals surface area contributed by atoms with Gasteiger partial charge >= 0.3 is 0 Å². The third kappa shape index (κ3) is 3.58. The Bertz CT molecular complexity index is 659. The van der Waals surface area contributed by atoms with Crippen molar-refractivity contribution in [2.24, 2.45) is 52.3 Å². The van der Waals surface area contributed by atoms with Crippen LogP contribution in [0.5, 0.6) is 0 Å². The molecule has 0 saturated heterocycles. The molecule has 4 aliphatic carbocycles. The molecule has 3 fully saturated rings. The van der Waals surface area contributed by atoms with Gasteiger partial charge in [-0.2, -0.15) is 0 Å². The maximum absolute atomic E-state index is 10.2. The zero-order chi connectivity index (χ0) is 21.0. The van der Waals surface area contributed by atoms with Crippen molar-refractivity contribution in [1.29, 1.82) is 0 Å². The van der Waals surface area contributed by atoms with Crippen molar-refractivity contribution in [2.75, 3.05) is 0 Å². The van der Waals surface area contributed by atoms with Crippen LogP contribution in [0.25, 0.3) is 0 Å². The first-order chi connectivity index (χ1) is 13.7. The molecular weight excluding hydrogens is 352 g/mol. The van der Waals surface area contributed by atoms with Crippen molar-refractivity contribution in [3.8, 4) is 0 Å². The van der Waals surface area contributed by atoms with Crippen LogP contribution in [-0.4, -0.2) is 11.2 Å². The maximum atomic E-state index is 10.2. The lowest BCUT2D eigenvalue weighted by Crippen LogP contribution is -2.50. The fourth-order valence-electron chi connectivity index (χ4n) is 8.25. The summed E-state index contributed by atoms with van der Waals surface area (Å²) in [6, 6.07) is 0. The van der Waals surface area contributed by atoms with Gasteiger partial charge in [0.1, 0.15) is 0 Å². The van der Waals surface area contributed by atoms with Crippen molar-refractivity contribution in [3.63, 3.8) is 0 Å². The molecule has 1 heteroatoms. The van der Waals surface area contributed by atoms with Crippen LogP contribution < -0.4 is 0 Å². The molecule has 0 aromatic rings. The Labute approximate surface area is 180 Å². The number of allylic oxidation sites excluding steroid dienone is 3. The van der Waals surface area contributed by atoms with E-state index >= 15 is 0 Å². The van der Waals surface area contributed by atoms with Gasteiger partial charge in [0.05, 0.1) is 6.10 Å². The average Bonchev–Trinajstić information content (AvgIpc) is 3.03. The minimum Gasteiger partial charge on any atom is -0.393 e. The van der Waals surface area contributed by atoms with Crippen LogP contribution in [0.4, 0.5) is 0 Å². The van der Waals surface area contributed by atoms with Gasteiger partial charge in [-0.05, 0) is 104 Å². The fourth-order valence-corrected chi connectivity index (χ4v) is 8.25. The highest BCUT2D eigenvalue weighted by Crippen LogP contribution is 2.67. The summed E-state index contributed by atoms with van der Waals surface area (Å²) >= 11 is 0. The molecule has 0 radical (unpaired) electrons. The topological polar surface area (TPSA) is 20.2 Å². The molecule has 4 rings (SSSR count). The van der Waals surface area contributed by atoms with Crippen LogP contribution in [0.3, 0.4) is 0 Å². The molecule has 9 atom stereocenters. The Morgan fingerprint density at radius 1 is 0.966 bits per heavy atom. The number of rotatable bonds is 4. The number of hydrogen-bond donors (Lipinski definition) is 1. The molecule has 0 bridgehead atoms.